The van der Waals surface area contributed by atoms with Crippen molar-refractivity contribution in [2.24, 2.45) is 15.3 Å². The molecule has 0 unspecified atom stereocenters. The van der Waals surface area contributed by atoms with E-state index in [1.807, 2.05) is 0 Å². The Balaban J connectivity index is 2.08. The van der Waals surface area contributed by atoms with Crippen LogP contribution in [0.2, 0.25) is 0 Å². The molecule has 0 fully saturated rings. The molecule has 2 aromatic carbocycles. The van der Waals surface area contributed by atoms with Crippen molar-refractivity contribution >= 4 is 23.3 Å². The molecule has 0 saturated carbocycles. The zero-order valence-electron chi connectivity index (χ0n) is 14.1. The van der Waals surface area contributed by atoms with Gasteiger partial charge in [0.1, 0.15) is 5.75 Å². The number of hydrogen-bond acceptors (Lipinski definition) is 6. The number of carbonyl (C=O) groups is 2. The van der Waals surface area contributed by atoms with Gasteiger partial charge in [0.15, 0.2) is 0 Å². The molecule has 3 N–H and O–H groups in total. The molecule has 10 nitrogen and oxygen atoms in total. The standard InChI is InChI=1S/C17H16N6O4/c18-23-20-8-7-19-17(27)14-10-13(5-6-15(14)24)22-21-12-3-1-11(2-4-12)9-16(25)26/h1-6,10,24H,7-9H2,(H,19,27)(H,25,26). The fourth-order valence-electron chi connectivity index (χ4n) is 2.10. The van der Waals surface area contributed by atoms with Crippen LogP contribution in [0.25, 0.3) is 10.4 Å². The van der Waals surface area contributed by atoms with Crippen molar-refractivity contribution in [2.45, 2.75) is 6.42 Å². The van der Waals surface area contributed by atoms with Gasteiger partial charge in [-0.2, -0.15) is 10.2 Å². The summed E-state index contributed by atoms with van der Waals surface area (Å²) in [6.45, 7) is 0.233. The number of azo groups is 1. The SMILES string of the molecule is [N-]=[N+]=NCCNC(=O)c1cc(N=Nc2ccc(CC(=O)O)cc2)ccc1O. The molecule has 0 radical (unpaired) electrons. The molecule has 138 valence electrons. The average molecular weight is 368 g/mol. The lowest BCUT2D eigenvalue weighted by Crippen LogP contribution is -2.25. The lowest BCUT2D eigenvalue weighted by Gasteiger charge is -2.06. The fraction of sp³-hybridized carbons (Fsp3) is 0.176. The Morgan fingerprint density at radius 3 is 2.41 bits per heavy atom. The zero-order valence-corrected chi connectivity index (χ0v) is 14.1. The number of aliphatic carboxylic acids is 1. The highest BCUT2D eigenvalue weighted by Crippen LogP contribution is 2.25. The number of benzene rings is 2. The van der Waals surface area contributed by atoms with Crippen LogP contribution in [0.15, 0.2) is 57.8 Å². The number of azide groups is 1. The Labute approximate surface area is 153 Å². The molecule has 1 amide bonds. The van der Waals surface area contributed by atoms with Gasteiger partial charge in [0.2, 0.25) is 0 Å². The lowest BCUT2D eigenvalue weighted by molar-refractivity contribution is -0.136. The molecule has 0 spiro atoms. The molecule has 0 aliphatic carbocycles. The second kappa shape index (κ2) is 9.54. The topological polar surface area (TPSA) is 160 Å². The third-order valence-corrected chi connectivity index (χ3v) is 3.36. The number of nitrogens with one attached hydrogen (secondary N) is 1. The van der Waals surface area contributed by atoms with Crippen molar-refractivity contribution in [3.8, 4) is 5.75 Å². The van der Waals surface area contributed by atoms with Crippen molar-refractivity contribution in [3.63, 3.8) is 0 Å². The van der Waals surface area contributed by atoms with Gasteiger partial charge in [-0.05, 0) is 41.4 Å². The maximum absolute atomic E-state index is 12.1. The lowest BCUT2D eigenvalue weighted by atomic mass is 10.1. The van der Waals surface area contributed by atoms with Crippen LogP contribution >= 0.6 is 0 Å². The Morgan fingerprint density at radius 1 is 1.07 bits per heavy atom. The smallest absolute Gasteiger partial charge is 0.307 e. The molecule has 0 heterocycles. The predicted octanol–water partition coefficient (Wildman–Crippen LogP) is 3.47. The van der Waals surface area contributed by atoms with Crippen molar-refractivity contribution in [3.05, 3.63) is 64.0 Å². The van der Waals surface area contributed by atoms with Gasteiger partial charge < -0.3 is 15.5 Å². The molecule has 0 aliphatic heterocycles. The van der Waals surface area contributed by atoms with Gasteiger partial charge in [0.05, 0.1) is 23.4 Å². The van der Waals surface area contributed by atoms with Crippen LogP contribution in [0, 0.1) is 0 Å². The maximum atomic E-state index is 12.1. The van der Waals surface area contributed by atoms with E-state index < -0.39 is 11.9 Å². The first-order valence-corrected chi connectivity index (χ1v) is 7.84. The molecule has 0 atom stereocenters. The van der Waals surface area contributed by atoms with Crippen LogP contribution in [-0.2, 0) is 11.2 Å². The highest BCUT2D eigenvalue weighted by atomic mass is 16.4. The van der Waals surface area contributed by atoms with Crippen LogP contribution < -0.4 is 5.32 Å². The minimum atomic E-state index is -0.918. The van der Waals surface area contributed by atoms with E-state index in [1.165, 1.54) is 18.2 Å². The molecule has 10 heteroatoms. The number of aromatic hydroxyl groups is 1. The monoisotopic (exact) mass is 368 g/mol. The predicted molar refractivity (Wildman–Crippen MR) is 96.4 cm³/mol. The minimum Gasteiger partial charge on any atom is -0.507 e. The number of phenols is 1. The maximum Gasteiger partial charge on any atom is 0.307 e. The normalized spacial score (nSPS) is 10.4. The number of amides is 1. The van der Waals surface area contributed by atoms with E-state index in [1.54, 1.807) is 24.3 Å². The van der Waals surface area contributed by atoms with Crippen molar-refractivity contribution < 1.29 is 19.8 Å². The second-order valence-electron chi connectivity index (χ2n) is 5.35. The first kappa shape index (κ1) is 19.4. The number of hydrogen-bond donors (Lipinski definition) is 3. The Hall–Kier alpha value is -3.91. The van der Waals surface area contributed by atoms with Crippen LogP contribution in [-0.4, -0.2) is 35.2 Å². The summed E-state index contributed by atoms with van der Waals surface area (Å²) in [7, 11) is 0. The van der Waals surface area contributed by atoms with Crippen molar-refractivity contribution in [2.75, 3.05) is 13.1 Å². The Bertz CT molecular complexity index is 904. The van der Waals surface area contributed by atoms with Gasteiger partial charge in [0.25, 0.3) is 5.91 Å². The Morgan fingerprint density at radius 2 is 1.74 bits per heavy atom. The fourth-order valence-corrected chi connectivity index (χ4v) is 2.10. The number of carboxylic acid groups (broad SMARTS) is 1. The summed E-state index contributed by atoms with van der Waals surface area (Å²) in [6.07, 6.45) is -0.0759. The van der Waals surface area contributed by atoms with Gasteiger partial charge in [-0.15, -0.1) is 0 Å². The third kappa shape index (κ3) is 6.15. The zero-order chi connectivity index (χ0) is 19.6. The van der Waals surface area contributed by atoms with Gasteiger partial charge in [-0.3, -0.25) is 9.59 Å². The molecule has 27 heavy (non-hydrogen) atoms. The largest absolute Gasteiger partial charge is 0.507 e. The van der Waals surface area contributed by atoms with Crippen LogP contribution in [0.1, 0.15) is 15.9 Å². The van der Waals surface area contributed by atoms with Crippen molar-refractivity contribution in [1.29, 1.82) is 0 Å². The molecular weight excluding hydrogens is 352 g/mol. The average Bonchev–Trinajstić information content (AvgIpc) is 2.65. The summed E-state index contributed by atoms with van der Waals surface area (Å²) in [6, 6.07) is 10.7. The highest BCUT2D eigenvalue weighted by Gasteiger charge is 2.11. The summed E-state index contributed by atoms with van der Waals surface area (Å²) in [4.78, 5) is 25.3. The van der Waals surface area contributed by atoms with E-state index in [9.17, 15) is 14.7 Å². The summed E-state index contributed by atoms with van der Waals surface area (Å²) in [5.74, 6) is -1.66. The number of phenolic OH excluding ortho intramolecular Hbond substituents is 1. The van der Waals surface area contributed by atoms with Crippen molar-refractivity contribution in [1.82, 2.24) is 5.32 Å². The molecule has 2 aromatic rings. The summed E-state index contributed by atoms with van der Waals surface area (Å²) in [5, 5.41) is 32.4. The molecular formula is C17H16N6O4. The third-order valence-electron chi connectivity index (χ3n) is 3.36. The number of carbonyl (C=O) groups excluding carboxylic acids is 1. The van der Waals surface area contributed by atoms with E-state index in [0.29, 0.717) is 16.9 Å². The second-order valence-corrected chi connectivity index (χ2v) is 5.35. The van der Waals surface area contributed by atoms with E-state index in [-0.39, 0.29) is 30.8 Å². The number of nitrogens with zero attached hydrogens (tertiary/aromatic N) is 5. The van der Waals surface area contributed by atoms with Gasteiger partial charge in [-0.25, -0.2) is 0 Å². The van der Waals surface area contributed by atoms with Crippen LogP contribution in [0.4, 0.5) is 11.4 Å². The van der Waals surface area contributed by atoms with Crippen LogP contribution in [0.5, 0.6) is 5.75 Å². The van der Waals surface area contributed by atoms with Gasteiger partial charge in [-0.1, -0.05) is 17.2 Å². The summed E-state index contributed by atoms with van der Waals surface area (Å²) < 4.78 is 0. The Kier molecular flexibility index (Phi) is 6.86. The molecule has 0 aliphatic rings. The van der Waals surface area contributed by atoms with E-state index in [4.69, 9.17) is 10.6 Å². The molecule has 0 aromatic heterocycles. The minimum absolute atomic E-state index is 0.0178. The first-order chi connectivity index (χ1) is 13.0. The highest BCUT2D eigenvalue weighted by molar-refractivity contribution is 5.97. The number of carboxylic acids is 1. The van der Waals surface area contributed by atoms with Gasteiger partial charge >= 0.3 is 5.97 Å². The summed E-state index contributed by atoms with van der Waals surface area (Å²) >= 11 is 0. The first-order valence-electron chi connectivity index (χ1n) is 7.84. The number of rotatable bonds is 8. The quantitative estimate of drug-likeness (QED) is 0.282. The molecule has 2 rings (SSSR count). The van der Waals surface area contributed by atoms with E-state index in [2.05, 4.69) is 25.6 Å². The van der Waals surface area contributed by atoms with Gasteiger partial charge in [0, 0.05) is 18.0 Å². The van der Waals surface area contributed by atoms with Crippen LogP contribution in [0.3, 0.4) is 0 Å². The summed E-state index contributed by atoms with van der Waals surface area (Å²) in [5.41, 5.74) is 9.72. The van der Waals surface area contributed by atoms with E-state index in [0.717, 1.165) is 0 Å². The molecule has 0 bridgehead atoms. The molecule has 0 saturated heterocycles. The van der Waals surface area contributed by atoms with E-state index >= 15 is 0 Å².